The Labute approximate surface area is 195 Å². The molecule has 4 nitrogen and oxygen atoms in total. The molecule has 3 aromatic rings. The van der Waals surface area contributed by atoms with Crippen LogP contribution in [0.25, 0.3) is 6.08 Å². The van der Waals surface area contributed by atoms with Crippen molar-refractivity contribution in [2.24, 2.45) is 0 Å². The lowest BCUT2D eigenvalue weighted by atomic mass is 10.0. The summed E-state index contributed by atoms with van der Waals surface area (Å²) >= 11 is 9.74. The third-order valence-electron chi connectivity index (χ3n) is 5.48. The molecule has 0 amide bonds. The molecule has 0 atom stereocenters. The highest BCUT2D eigenvalue weighted by atomic mass is 35.5. The standard InChI is InChI=1S/C24H25ClN2O2S2/c25-20-11-5-4-7-16(20)14-21-22(15-17(23(28)29)13-19-10-6-12-30-19)27-24(26-21)31-18-8-2-1-3-9-18/h4-7,10-12,15,18H,1-3,8-9,13-14H2,(H,26,27)(H,28,29). The topological polar surface area (TPSA) is 66.0 Å². The maximum atomic E-state index is 11.9. The highest BCUT2D eigenvalue weighted by molar-refractivity contribution is 7.99. The van der Waals surface area contributed by atoms with Crippen LogP contribution in [0.15, 0.2) is 52.5 Å². The zero-order chi connectivity index (χ0) is 21.6. The highest BCUT2D eigenvalue weighted by Crippen LogP contribution is 2.33. The maximum absolute atomic E-state index is 11.9. The molecule has 2 N–H and O–H groups in total. The van der Waals surface area contributed by atoms with Crippen LogP contribution in [0.2, 0.25) is 5.02 Å². The second-order valence-corrected chi connectivity index (χ2v) is 10.5. The predicted octanol–water partition coefficient (Wildman–Crippen LogP) is 6.85. The van der Waals surface area contributed by atoms with Crippen molar-refractivity contribution in [2.45, 2.75) is 55.4 Å². The minimum atomic E-state index is -0.915. The van der Waals surface area contributed by atoms with Crippen molar-refractivity contribution in [3.63, 3.8) is 0 Å². The highest BCUT2D eigenvalue weighted by Gasteiger charge is 2.19. The Hall–Kier alpha value is -2.02. The van der Waals surface area contributed by atoms with Gasteiger partial charge >= 0.3 is 5.97 Å². The Bertz CT molecular complexity index is 1050. The molecule has 0 saturated heterocycles. The minimum absolute atomic E-state index is 0.337. The smallest absolute Gasteiger partial charge is 0.332 e. The van der Waals surface area contributed by atoms with Crippen LogP contribution in [0.5, 0.6) is 0 Å². The zero-order valence-electron chi connectivity index (χ0n) is 17.1. The number of thioether (sulfide) groups is 1. The first-order chi connectivity index (χ1) is 15.1. The molecule has 4 rings (SSSR count). The van der Waals surface area contributed by atoms with E-state index in [1.54, 1.807) is 29.2 Å². The van der Waals surface area contributed by atoms with E-state index in [1.165, 1.54) is 32.1 Å². The van der Waals surface area contributed by atoms with Crippen LogP contribution in [0.3, 0.4) is 0 Å². The molecule has 1 aliphatic rings. The van der Waals surface area contributed by atoms with Crippen LogP contribution < -0.4 is 0 Å². The Kier molecular flexibility index (Phi) is 7.54. The van der Waals surface area contributed by atoms with Crippen molar-refractivity contribution < 1.29 is 9.90 Å². The van der Waals surface area contributed by atoms with Crippen molar-refractivity contribution in [2.75, 3.05) is 0 Å². The average molecular weight is 473 g/mol. The molecule has 1 aliphatic carbocycles. The normalized spacial score (nSPS) is 15.3. The summed E-state index contributed by atoms with van der Waals surface area (Å²) in [4.78, 5) is 21.2. The van der Waals surface area contributed by atoms with Gasteiger partial charge in [0.25, 0.3) is 0 Å². The minimum Gasteiger partial charge on any atom is -0.478 e. The van der Waals surface area contributed by atoms with Gasteiger partial charge < -0.3 is 10.1 Å². The molecule has 2 heterocycles. The number of benzene rings is 1. The molecule has 0 unspecified atom stereocenters. The van der Waals surface area contributed by atoms with Gasteiger partial charge in [-0.15, -0.1) is 11.3 Å². The lowest BCUT2D eigenvalue weighted by molar-refractivity contribution is -0.132. The average Bonchev–Trinajstić information content (AvgIpc) is 3.40. The molecular formula is C24H25ClN2O2S2. The molecule has 31 heavy (non-hydrogen) atoms. The Morgan fingerprint density at radius 2 is 2.03 bits per heavy atom. The van der Waals surface area contributed by atoms with Gasteiger partial charge in [0.2, 0.25) is 0 Å². The fraction of sp³-hybridized carbons (Fsp3) is 0.333. The van der Waals surface area contributed by atoms with Gasteiger partial charge in [0.1, 0.15) is 0 Å². The number of halogens is 1. The van der Waals surface area contributed by atoms with E-state index in [4.69, 9.17) is 16.6 Å². The number of rotatable bonds is 8. The number of nitrogens with one attached hydrogen (secondary N) is 1. The predicted molar refractivity (Wildman–Crippen MR) is 129 cm³/mol. The monoisotopic (exact) mass is 472 g/mol. The van der Waals surface area contributed by atoms with Gasteiger partial charge in [-0.3, -0.25) is 0 Å². The summed E-state index contributed by atoms with van der Waals surface area (Å²) in [7, 11) is 0. The number of nitrogens with zero attached hydrogens (tertiary/aromatic N) is 1. The van der Waals surface area contributed by atoms with Gasteiger partial charge in [-0.2, -0.15) is 0 Å². The molecule has 2 aromatic heterocycles. The Morgan fingerprint density at radius 3 is 2.74 bits per heavy atom. The number of carbonyl (C=O) groups is 1. The van der Waals surface area contributed by atoms with Crippen LogP contribution in [0.1, 0.15) is 53.9 Å². The lowest BCUT2D eigenvalue weighted by Crippen LogP contribution is -2.08. The van der Waals surface area contributed by atoms with Gasteiger partial charge in [-0.25, -0.2) is 9.78 Å². The summed E-state index contributed by atoms with van der Waals surface area (Å²) in [6, 6.07) is 11.6. The lowest BCUT2D eigenvalue weighted by Gasteiger charge is -2.19. The number of hydrogen-bond acceptors (Lipinski definition) is 4. The second-order valence-electron chi connectivity index (χ2n) is 7.78. The number of hydrogen-bond donors (Lipinski definition) is 2. The van der Waals surface area contributed by atoms with E-state index in [1.807, 2.05) is 41.8 Å². The first-order valence-electron chi connectivity index (χ1n) is 10.5. The third kappa shape index (κ3) is 6.03. The van der Waals surface area contributed by atoms with Gasteiger partial charge in [0, 0.05) is 39.3 Å². The van der Waals surface area contributed by atoms with Crippen molar-refractivity contribution in [1.82, 2.24) is 9.97 Å². The van der Waals surface area contributed by atoms with Crippen molar-refractivity contribution >= 4 is 46.7 Å². The van der Waals surface area contributed by atoms with Crippen LogP contribution in [-0.4, -0.2) is 26.3 Å². The number of carboxylic acids is 1. The number of aromatic nitrogens is 2. The van der Waals surface area contributed by atoms with E-state index in [0.29, 0.717) is 34.4 Å². The molecule has 0 radical (unpaired) electrons. The van der Waals surface area contributed by atoms with Crippen LogP contribution in [0, 0.1) is 0 Å². The maximum Gasteiger partial charge on any atom is 0.332 e. The van der Waals surface area contributed by atoms with E-state index in [2.05, 4.69) is 4.98 Å². The molecule has 162 valence electrons. The SMILES string of the molecule is O=C(O)C(=Cc1nc(SC2CCCCC2)[nH]c1Cc1ccccc1Cl)Cc1cccs1. The van der Waals surface area contributed by atoms with Gasteiger partial charge in [-0.1, -0.05) is 66.9 Å². The quantitative estimate of drug-likeness (QED) is 0.352. The van der Waals surface area contributed by atoms with Crippen molar-refractivity contribution in [3.05, 3.63) is 74.2 Å². The van der Waals surface area contributed by atoms with Crippen LogP contribution in [-0.2, 0) is 17.6 Å². The summed E-state index contributed by atoms with van der Waals surface area (Å²) in [6.07, 6.45) is 8.93. The molecule has 7 heteroatoms. The van der Waals surface area contributed by atoms with E-state index in [9.17, 15) is 9.90 Å². The summed E-state index contributed by atoms with van der Waals surface area (Å²) < 4.78 is 0. The van der Waals surface area contributed by atoms with Crippen molar-refractivity contribution in [3.8, 4) is 0 Å². The molecule has 0 bridgehead atoms. The second kappa shape index (κ2) is 10.5. The molecule has 1 aromatic carbocycles. The number of carboxylic acid groups (broad SMARTS) is 1. The summed E-state index contributed by atoms with van der Waals surface area (Å²) in [6.45, 7) is 0. The van der Waals surface area contributed by atoms with Gasteiger partial charge in [-0.05, 0) is 42.0 Å². The van der Waals surface area contributed by atoms with Crippen LogP contribution in [0.4, 0.5) is 0 Å². The largest absolute Gasteiger partial charge is 0.478 e. The first-order valence-corrected chi connectivity index (χ1v) is 12.7. The number of aromatic amines is 1. The first kappa shape index (κ1) is 22.2. The van der Waals surface area contributed by atoms with E-state index < -0.39 is 5.97 Å². The number of aliphatic carboxylic acids is 1. The number of thiophene rings is 1. The fourth-order valence-electron chi connectivity index (χ4n) is 3.84. The summed E-state index contributed by atoms with van der Waals surface area (Å²) in [5.41, 5.74) is 2.92. The third-order valence-corrected chi connectivity index (χ3v) is 7.94. The Morgan fingerprint density at radius 1 is 1.23 bits per heavy atom. The molecule has 0 spiro atoms. The molecule has 0 aliphatic heterocycles. The van der Waals surface area contributed by atoms with Gasteiger partial charge in [0.05, 0.1) is 5.69 Å². The summed E-state index contributed by atoms with van der Waals surface area (Å²) in [5.74, 6) is -0.915. The molecule has 1 saturated carbocycles. The van der Waals surface area contributed by atoms with E-state index in [0.717, 1.165) is 21.3 Å². The zero-order valence-corrected chi connectivity index (χ0v) is 19.5. The van der Waals surface area contributed by atoms with Crippen LogP contribution >= 0.6 is 34.7 Å². The van der Waals surface area contributed by atoms with Crippen molar-refractivity contribution in [1.29, 1.82) is 0 Å². The molecular weight excluding hydrogens is 448 g/mol. The fourth-order valence-corrected chi connectivity index (χ4v) is 5.98. The van der Waals surface area contributed by atoms with E-state index in [-0.39, 0.29) is 0 Å². The summed E-state index contributed by atoms with van der Waals surface area (Å²) in [5, 5.41) is 13.9. The number of H-pyrrole nitrogens is 1. The van der Waals surface area contributed by atoms with E-state index >= 15 is 0 Å². The van der Waals surface area contributed by atoms with Gasteiger partial charge in [0.15, 0.2) is 5.16 Å². The number of imidazole rings is 1. The Balaban J connectivity index is 1.65. The molecule has 1 fully saturated rings.